The van der Waals surface area contributed by atoms with Gasteiger partial charge in [-0.25, -0.2) is 4.39 Å². The molecule has 0 aliphatic carbocycles. The summed E-state index contributed by atoms with van der Waals surface area (Å²) in [7, 11) is 0. The largest absolute Gasteiger partial charge is 0.403 e. The van der Waals surface area contributed by atoms with E-state index in [0.29, 0.717) is 24.0 Å². The summed E-state index contributed by atoms with van der Waals surface area (Å²) in [6.45, 7) is 6.81. The van der Waals surface area contributed by atoms with Crippen molar-refractivity contribution in [2.75, 3.05) is 11.9 Å². The molecule has 1 aromatic heterocycles. The van der Waals surface area contributed by atoms with Crippen molar-refractivity contribution >= 4 is 6.01 Å². The Hall–Kier alpha value is -1.91. The first kappa shape index (κ1) is 13.5. The summed E-state index contributed by atoms with van der Waals surface area (Å²) in [5.41, 5.74) is 1.31. The van der Waals surface area contributed by atoms with E-state index >= 15 is 0 Å². The highest BCUT2D eigenvalue weighted by Crippen LogP contribution is 2.24. The zero-order valence-corrected chi connectivity index (χ0v) is 11.4. The van der Waals surface area contributed by atoms with Gasteiger partial charge in [0.2, 0.25) is 0 Å². The Morgan fingerprint density at radius 3 is 2.74 bits per heavy atom. The van der Waals surface area contributed by atoms with Crippen LogP contribution in [0.2, 0.25) is 0 Å². The van der Waals surface area contributed by atoms with Crippen LogP contribution in [0.5, 0.6) is 0 Å². The lowest BCUT2D eigenvalue weighted by molar-refractivity contribution is 0.567. The predicted octanol–water partition coefficient (Wildman–Crippen LogP) is 3.51. The summed E-state index contributed by atoms with van der Waals surface area (Å²) in [6, 6.07) is 5.43. The van der Waals surface area contributed by atoms with Crippen LogP contribution in [0.25, 0.3) is 11.5 Å². The van der Waals surface area contributed by atoms with Crippen LogP contribution in [0, 0.1) is 11.7 Å². The molecule has 0 amide bonds. The SMILES string of the molecule is CCNc1nnc(-c2ccc(CC(C)C)cc2F)o1. The lowest BCUT2D eigenvalue weighted by atomic mass is 10.0. The van der Waals surface area contributed by atoms with E-state index in [2.05, 4.69) is 29.4 Å². The summed E-state index contributed by atoms with van der Waals surface area (Å²) in [4.78, 5) is 0. The number of hydrogen-bond acceptors (Lipinski definition) is 4. The lowest BCUT2D eigenvalue weighted by Crippen LogP contribution is -1.96. The van der Waals surface area contributed by atoms with Crippen molar-refractivity contribution in [2.45, 2.75) is 27.2 Å². The molecule has 1 aromatic carbocycles. The third-order valence-electron chi connectivity index (χ3n) is 2.66. The van der Waals surface area contributed by atoms with E-state index in [4.69, 9.17) is 4.42 Å². The first-order chi connectivity index (χ1) is 9.10. The third kappa shape index (κ3) is 3.30. The summed E-state index contributed by atoms with van der Waals surface area (Å²) in [5, 5.41) is 10.5. The molecule has 0 spiro atoms. The normalized spacial score (nSPS) is 11.0. The number of anilines is 1. The molecule has 0 saturated heterocycles. The van der Waals surface area contributed by atoms with Crippen LogP contribution in [0.3, 0.4) is 0 Å². The zero-order chi connectivity index (χ0) is 13.8. The summed E-state index contributed by atoms with van der Waals surface area (Å²) >= 11 is 0. The summed E-state index contributed by atoms with van der Waals surface area (Å²) < 4.78 is 19.4. The molecule has 1 heterocycles. The molecule has 0 saturated carbocycles. The maximum atomic E-state index is 14.0. The lowest BCUT2D eigenvalue weighted by Gasteiger charge is -2.06. The van der Waals surface area contributed by atoms with Gasteiger partial charge < -0.3 is 9.73 Å². The molecular formula is C14H18FN3O. The van der Waals surface area contributed by atoms with Crippen molar-refractivity contribution in [3.63, 3.8) is 0 Å². The van der Waals surface area contributed by atoms with Crippen LogP contribution in [-0.2, 0) is 6.42 Å². The second kappa shape index (κ2) is 5.82. The second-order valence-corrected chi connectivity index (χ2v) is 4.85. The Morgan fingerprint density at radius 1 is 1.32 bits per heavy atom. The van der Waals surface area contributed by atoms with E-state index in [1.807, 2.05) is 13.0 Å². The van der Waals surface area contributed by atoms with Gasteiger partial charge in [-0.2, -0.15) is 0 Å². The quantitative estimate of drug-likeness (QED) is 0.897. The van der Waals surface area contributed by atoms with Crippen LogP contribution in [-0.4, -0.2) is 16.7 Å². The molecular weight excluding hydrogens is 245 g/mol. The molecule has 0 aliphatic rings. The Kier molecular flexibility index (Phi) is 4.14. The van der Waals surface area contributed by atoms with E-state index in [1.165, 1.54) is 6.07 Å². The van der Waals surface area contributed by atoms with Crippen LogP contribution >= 0.6 is 0 Å². The topological polar surface area (TPSA) is 51.0 Å². The van der Waals surface area contributed by atoms with Gasteiger partial charge >= 0.3 is 6.01 Å². The van der Waals surface area contributed by atoms with Crippen molar-refractivity contribution in [3.8, 4) is 11.5 Å². The van der Waals surface area contributed by atoms with Crippen LogP contribution in [0.4, 0.5) is 10.4 Å². The average Bonchev–Trinajstić information content (AvgIpc) is 2.77. The summed E-state index contributed by atoms with van der Waals surface area (Å²) in [6.07, 6.45) is 0.851. The van der Waals surface area contributed by atoms with Crippen LogP contribution < -0.4 is 5.32 Å². The Morgan fingerprint density at radius 2 is 2.11 bits per heavy atom. The zero-order valence-electron chi connectivity index (χ0n) is 11.4. The van der Waals surface area contributed by atoms with Crippen molar-refractivity contribution in [3.05, 3.63) is 29.6 Å². The van der Waals surface area contributed by atoms with Crippen molar-refractivity contribution < 1.29 is 8.81 Å². The smallest absolute Gasteiger partial charge is 0.315 e. The molecule has 0 unspecified atom stereocenters. The number of halogens is 1. The fourth-order valence-corrected chi connectivity index (χ4v) is 1.89. The van der Waals surface area contributed by atoms with E-state index < -0.39 is 0 Å². The Balaban J connectivity index is 2.24. The maximum Gasteiger partial charge on any atom is 0.315 e. The van der Waals surface area contributed by atoms with Gasteiger partial charge in [0, 0.05) is 6.54 Å². The number of benzene rings is 1. The fraction of sp³-hybridized carbons (Fsp3) is 0.429. The van der Waals surface area contributed by atoms with E-state index in [9.17, 15) is 4.39 Å². The van der Waals surface area contributed by atoms with Crippen LogP contribution in [0.15, 0.2) is 22.6 Å². The number of hydrogen-bond donors (Lipinski definition) is 1. The van der Waals surface area contributed by atoms with Gasteiger partial charge in [-0.3, -0.25) is 0 Å². The molecule has 0 aliphatic heterocycles. The van der Waals surface area contributed by atoms with Gasteiger partial charge in [-0.1, -0.05) is 25.0 Å². The second-order valence-electron chi connectivity index (χ2n) is 4.85. The molecule has 102 valence electrons. The van der Waals surface area contributed by atoms with E-state index in [1.54, 1.807) is 6.07 Å². The minimum absolute atomic E-state index is 0.199. The van der Waals surface area contributed by atoms with Crippen molar-refractivity contribution in [2.24, 2.45) is 5.92 Å². The molecule has 0 atom stereocenters. The highest BCUT2D eigenvalue weighted by molar-refractivity contribution is 5.55. The van der Waals surface area contributed by atoms with Gasteiger partial charge in [0.1, 0.15) is 5.82 Å². The standard InChI is InChI=1S/C14H18FN3O/c1-4-16-14-18-17-13(19-14)11-6-5-10(7-9(2)3)8-12(11)15/h5-6,8-9H,4,7H2,1-3H3,(H,16,18). The molecule has 5 heteroatoms. The molecule has 0 fully saturated rings. The fourth-order valence-electron chi connectivity index (χ4n) is 1.89. The highest BCUT2D eigenvalue weighted by atomic mass is 19.1. The maximum absolute atomic E-state index is 14.0. The van der Waals surface area contributed by atoms with Gasteiger partial charge in [0.25, 0.3) is 5.89 Å². The van der Waals surface area contributed by atoms with Crippen LogP contribution in [0.1, 0.15) is 26.3 Å². The van der Waals surface area contributed by atoms with E-state index in [-0.39, 0.29) is 11.7 Å². The third-order valence-corrected chi connectivity index (χ3v) is 2.66. The van der Waals surface area contributed by atoms with Gasteiger partial charge in [0.15, 0.2) is 0 Å². The molecule has 0 bridgehead atoms. The Labute approximate surface area is 112 Å². The average molecular weight is 263 g/mol. The molecule has 2 rings (SSSR count). The number of aromatic nitrogens is 2. The van der Waals surface area contributed by atoms with Gasteiger partial charge in [-0.15, -0.1) is 5.10 Å². The molecule has 2 aromatic rings. The monoisotopic (exact) mass is 263 g/mol. The molecule has 1 N–H and O–H groups in total. The first-order valence-electron chi connectivity index (χ1n) is 6.46. The number of nitrogens with zero attached hydrogens (tertiary/aromatic N) is 2. The van der Waals surface area contributed by atoms with Crippen molar-refractivity contribution in [1.29, 1.82) is 0 Å². The summed E-state index contributed by atoms with van der Waals surface area (Å²) in [5.74, 6) is 0.364. The van der Waals surface area contributed by atoms with Crippen molar-refractivity contribution in [1.82, 2.24) is 10.2 Å². The van der Waals surface area contributed by atoms with Gasteiger partial charge in [-0.05, 0) is 37.0 Å². The molecule has 4 nitrogen and oxygen atoms in total. The minimum Gasteiger partial charge on any atom is -0.403 e. The van der Waals surface area contributed by atoms with Gasteiger partial charge in [0.05, 0.1) is 5.56 Å². The highest BCUT2D eigenvalue weighted by Gasteiger charge is 2.13. The minimum atomic E-state index is -0.329. The molecule has 19 heavy (non-hydrogen) atoms. The van der Waals surface area contributed by atoms with E-state index in [0.717, 1.165) is 12.0 Å². The predicted molar refractivity (Wildman–Crippen MR) is 72.4 cm³/mol. The number of nitrogens with one attached hydrogen (secondary N) is 1. The Bertz CT molecular complexity index is 551. The number of rotatable bonds is 5. The molecule has 0 radical (unpaired) electrons. The first-order valence-corrected chi connectivity index (χ1v) is 6.46.